The molecule has 0 spiro atoms. The first-order valence-corrected chi connectivity index (χ1v) is 9.46. The number of hydrogen-bond acceptors (Lipinski definition) is 2. The lowest BCUT2D eigenvalue weighted by Crippen LogP contribution is -2.22. The molecule has 0 aromatic heterocycles. The normalized spacial score (nSPS) is 12.6. The lowest BCUT2D eigenvalue weighted by atomic mass is 10.3. The molecule has 2 nitrogen and oxygen atoms in total. The van der Waals surface area contributed by atoms with E-state index >= 15 is 0 Å². The molecule has 4 heteroatoms. The fraction of sp³-hybridized carbons (Fsp3) is 0.0526. The smallest absolute Gasteiger partial charge is 0.231 e. The SMILES string of the molecule is Brc1ccc2c(c1P(c1ccccc1)c1ccccc1)OCO2. The molecule has 0 radical (unpaired) electrons. The van der Waals surface area contributed by atoms with Gasteiger partial charge in [0.15, 0.2) is 11.5 Å². The van der Waals surface area contributed by atoms with Crippen LogP contribution in [0.15, 0.2) is 77.3 Å². The van der Waals surface area contributed by atoms with E-state index in [1.165, 1.54) is 15.9 Å². The van der Waals surface area contributed by atoms with Crippen molar-refractivity contribution in [1.82, 2.24) is 0 Å². The second-order valence-corrected chi connectivity index (χ2v) is 8.14. The molecule has 114 valence electrons. The largest absolute Gasteiger partial charge is 0.454 e. The summed E-state index contributed by atoms with van der Waals surface area (Å²) in [7, 11) is -0.722. The van der Waals surface area contributed by atoms with Gasteiger partial charge in [-0.3, -0.25) is 0 Å². The topological polar surface area (TPSA) is 18.5 Å². The van der Waals surface area contributed by atoms with E-state index in [2.05, 4.69) is 64.5 Å². The molecule has 0 atom stereocenters. The summed E-state index contributed by atoms with van der Waals surface area (Å²) < 4.78 is 12.4. The van der Waals surface area contributed by atoms with Gasteiger partial charge in [0.1, 0.15) is 0 Å². The van der Waals surface area contributed by atoms with Crippen LogP contribution in [0, 0.1) is 0 Å². The molecule has 0 unspecified atom stereocenters. The Morgan fingerprint density at radius 2 is 1.35 bits per heavy atom. The third kappa shape index (κ3) is 2.75. The van der Waals surface area contributed by atoms with Gasteiger partial charge >= 0.3 is 0 Å². The Kier molecular flexibility index (Phi) is 4.07. The van der Waals surface area contributed by atoms with Crippen molar-refractivity contribution in [3.8, 4) is 11.5 Å². The number of halogens is 1. The van der Waals surface area contributed by atoms with E-state index in [9.17, 15) is 0 Å². The van der Waals surface area contributed by atoms with Crippen LogP contribution in [0.2, 0.25) is 0 Å². The number of rotatable bonds is 3. The highest BCUT2D eigenvalue weighted by Crippen LogP contribution is 2.44. The van der Waals surface area contributed by atoms with Gasteiger partial charge in [0.25, 0.3) is 0 Å². The fourth-order valence-corrected chi connectivity index (χ4v) is 5.97. The maximum Gasteiger partial charge on any atom is 0.231 e. The van der Waals surface area contributed by atoms with E-state index in [0.29, 0.717) is 0 Å². The quantitative estimate of drug-likeness (QED) is 0.636. The number of benzene rings is 3. The van der Waals surface area contributed by atoms with E-state index in [-0.39, 0.29) is 6.79 Å². The van der Waals surface area contributed by atoms with Gasteiger partial charge in [0.2, 0.25) is 6.79 Å². The van der Waals surface area contributed by atoms with E-state index in [0.717, 1.165) is 16.0 Å². The number of hydrogen-bond donors (Lipinski definition) is 0. The van der Waals surface area contributed by atoms with Crippen LogP contribution in [-0.4, -0.2) is 6.79 Å². The average Bonchev–Trinajstić information content (AvgIpc) is 3.08. The van der Waals surface area contributed by atoms with Gasteiger partial charge in [-0.05, 0) is 46.6 Å². The van der Waals surface area contributed by atoms with Gasteiger partial charge in [-0.1, -0.05) is 60.7 Å². The molecule has 0 saturated carbocycles. The maximum absolute atomic E-state index is 5.80. The summed E-state index contributed by atoms with van der Waals surface area (Å²) in [6, 6.07) is 25.2. The second-order valence-electron chi connectivity index (χ2n) is 5.14. The predicted octanol–water partition coefficient (Wildman–Crippen LogP) is 3.94. The third-order valence-corrected chi connectivity index (χ3v) is 7.20. The minimum atomic E-state index is -0.722. The summed E-state index contributed by atoms with van der Waals surface area (Å²) in [6.07, 6.45) is 0. The van der Waals surface area contributed by atoms with Crippen molar-refractivity contribution in [3.63, 3.8) is 0 Å². The molecule has 0 aliphatic carbocycles. The first kappa shape index (κ1) is 14.7. The zero-order valence-corrected chi connectivity index (χ0v) is 14.8. The fourth-order valence-electron chi connectivity index (χ4n) is 2.70. The Balaban J connectivity index is 1.96. The molecule has 0 bridgehead atoms. The maximum atomic E-state index is 5.80. The third-order valence-electron chi connectivity index (χ3n) is 3.72. The summed E-state index contributed by atoms with van der Waals surface area (Å²) in [5, 5.41) is 3.75. The molecule has 0 saturated heterocycles. The lowest BCUT2D eigenvalue weighted by Gasteiger charge is -2.22. The molecule has 1 heterocycles. The molecule has 1 aliphatic rings. The lowest BCUT2D eigenvalue weighted by molar-refractivity contribution is 0.174. The van der Waals surface area contributed by atoms with Crippen molar-refractivity contribution < 1.29 is 9.47 Å². The standard InChI is InChI=1S/C19H14BrO2P/c20-16-11-12-17-18(22-13-21-17)19(16)23(14-7-3-1-4-8-14)15-9-5-2-6-10-15/h1-12H,13H2. The Hall–Kier alpha value is -1.83. The van der Waals surface area contributed by atoms with Gasteiger partial charge in [0, 0.05) is 9.78 Å². The molecule has 23 heavy (non-hydrogen) atoms. The van der Waals surface area contributed by atoms with Crippen LogP contribution in [0.5, 0.6) is 11.5 Å². The molecule has 3 aromatic rings. The van der Waals surface area contributed by atoms with Crippen molar-refractivity contribution in [2.75, 3.05) is 6.79 Å². The highest BCUT2D eigenvalue weighted by Gasteiger charge is 2.28. The van der Waals surface area contributed by atoms with Crippen molar-refractivity contribution in [2.24, 2.45) is 0 Å². The van der Waals surface area contributed by atoms with Crippen LogP contribution in [0.1, 0.15) is 0 Å². The van der Waals surface area contributed by atoms with Crippen molar-refractivity contribution in [3.05, 3.63) is 77.3 Å². The van der Waals surface area contributed by atoms with Crippen LogP contribution >= 0.6 is 23.9 Å². The molecule has 0 amide bonds. The van der Waals surface area contributed by atoms with Crippen LogP contribution < -0.4 is 25.4 Å². The van der Waals surface area contributed by atoms with Gasteiger partial charge < -0.3 is 9.47 Å². The van der Waals surface area contributed by atoms with Crippen LogP contribution in [0.25, 0.3) is 0 Å². The Labute approximate surface area is 144 Å². The Morgan fingerprint density at radius 3 is 1.96 bits per heavy atom. The summed E-state index contributed by atoms with van der Waals surface area (Å²) in [6.45, 7) is 0.283. The molecule has 0 fully saturated rings. The second kappa shape index (κ2) is 6.35. The Bertz CT molecular complexity index is 782. The van der Waals surface area contributed by atoms with Gasteiger partial charge in [-0.15, -0.1) is 0 Å². The molecular formula is C19H14BrO2P. The van der Waals surface area contributed by atoms with E-state index in [1.807, 2.05) is 24.3 Å². The van der Waals surface area contributed by atoms with E-state index in [4.69, 9.17) is 9.47 Å². The van der Waals surface area contributed by atoms with Gasteiger partial charge in [-0.2, -0.15) is 0 Å². The zero-order valence-electron chi connectivity index (χ0n) is 12.3. The molecule has 4 rings (SSSR count). The molecule has 0 N–H and O–H groups in total. The summed E-state index contributed by atoms with van der Waals surface area (Å²) in [4.78, 5) is 0. The molecular weight excluding hydrogens is 371 g/mol. The molecule has 3 aromatic carbocycles. The Morgan fingerprint density at radius 1 is 0.739 bits per heavy atom. The first-order valence-electron chi connectivity index (χ1n) is 7.33. The van der Waals surface area contributed by atoms with Gasteiger partial charge in [0.05, 0.1) is 0 Å². The average molecular weight is 385 g/mol. The van der Waals surface area contributed by atoms with Crippen LogP contribution in [-0.2, 0) is 0 Å². The summed E-state index contributed by atoms with van der Waals surface area (Å²) >= 11 is 3.73. The zero-order chi connectivity index (χ0) is 15.6. The minimum Gasteiger partial charge on any atom is -0.454 e. The summed E-state index contributed by atoms with van der Waals surface area (Å²) in [5.41, 5.74) is 0. The van der Waals surface area contributed by atoms with Crippen molar-refractivity contribution in [1.29, 1.82) is 0 Å². The molecule has 1 aliphatic heterocycles. The highest BCUT2D eigenvalue weighted by molar-refractivity contribution is 9.10. The van der Waals surface area contributed by atoms with Crippen molar-refractivity contribution in [2.45, 2.75) is 0 Å². The first-order chi connectivity index (χ1) is 11.3. The predicted molar refractivity (Wildman–Crippen MR) is 99.0 cm³/mol. The highest BCUT2D eigenvalue weighted by atomic mass is 79.9. The van der Waals surface area contributed by atoms with Gasteiger partial charge in [-0.25, -0.2) is 0 Å². The van der Waals surface area contributed by atoms with Crippen LogP contribution in [0.4, 0.5) is 0 Å². The monoisotopic (exact) mass is 384 g/mol. The van der Waals surface area contributed by atoms with E-state index < -0.39 is 7.92 Å². The van der Waals surface area contributed by atoms with E-state index in [1.54, 1.807) is 0 Å². The minimum absolute atomic E-state index is 0.283. The van der Waals surface area contributed by atoms with Crippen LogP contribution in [0.3, 0.4) is 0 Å². The summed E-state index contributed by atoms with van der Waals surface area (Å²) in [5.74, 6) is 1.68. The number of fused-ring (bicyclic) bond motifs is 1. The van der Waals surface area contributed by atoms with Crippen molar-refractivity contribution >= 4 is 39.8 Å². The number of ether oxygens (including phenoxy) is 2.